The number of nitrogens with one attached hydrogen (secondary N) is 1. The van der Waals surface area contributed by atoms with Gasteiger partial charge in [0.1, 0.15) is 10.8 Å². The number of rotatable bonds is 5. The number of benzene rings is 3. The van der Waals surface area contributed by atoms with Crippen molar-refractivity contribution in [3.8, 4) is 11.1 Å². The monoisotopic (exact) mass is 405 g/mol. The minimum absolute atomic E-state index is 0.283. The lowest BCUT2D eigenvalue weighted by Gasteiger charge is -2.05. The maximum atomic E-state index is 13.0. The molecule has 1 aromatic heterocycles. The Kier molecular flexibility index (Phi) is 5.40. The maximum Gasteiger partial charge on any atom is 0.256 e. The predicted molar refractivity (Wildman–Crippen MR) is 113 cm³/mol. The van der Waals surface area contributed by atoms with Gasteiger partial charge in [0.2, 0.25) is 0 Å². The molecule has 29 heavy (non-hydrogen) atoms. The second kappa shape index (κ2) is 8.29. The fourth-order valence-corrected chi connectivity index (χ4v) is 3.16. The summed E-state index contributed by atoms with van der Waals surface area (Å²) in [6.45, 7) is 0.418. The van der Waals surface area contributed by atoms with Crippen LogP contribution in [0.4, 0.5) is 10.2 Å². The van der Waals surface area contributed by atoms with E-state index in [-0.39, 0.29) is 17.5 Å². The first kappa shape index (κ1) is 18.9. The fourth-order valence-electron chi connectivity index (χ4n) is 2.96. The molecule has 0 aliphatic heterocycles. The molecule has 0 spiro atoms. The van der Waals surface area contributed by atoms with Crippen LogP contribution in [0.15, 0.2) is 85.1 Å². The minimum atomic E-state index is -0.293. The van der Waals surface area contributed by atoms with Crippen LogP contribution < -0.4 is 5.32 Å². The molecule has 0 radical (unpaired) electrons. The van der Waals surface area contributed by atoms with E-state index in [0.29, 0.717) is 17.1 Å². The molecular formula is C23H17ClFN3O. The average molecular weight is 406 g/mol. The molecule has 4 aromatic rings. The third-order valence-corrected chi connectivity index (χ3v) is 4.74. The number of hydrogen-bond acceptors (Lipinski definition) is 2. The zero-order chi connectivity index (χ0) is 20.2. The quantitative estimate of drug-likeness (QED) is 0.466. The third-order valence-electron chi connectivity index (χ3n) is 4.46. The van der Waals surface area contributed by atoms with Crippen LogP contribution >= 0.6 is 11.6 Å². The number of aromatic nitrogens is 2. The third kappa shape index (κ3) is 4.52. The van der Waals surface area contributed by atoms with E-state index in [9.17, 15) is 9.18 Å². The number of halogens is 2. The number of carbonyl (C=O) groups is 1. The van der Waals surface area contributed by atoms with E-state index in [1.54, 1.807) is 35.1 Å². The van der Waals surface area contributed by atoms with Gasteiger partial charge in [0.15, 0.2) is 5.82 Å². The highest BCUT2D eigenvalue weighted by Crippen LogP contribution is 2.22. The van der Waals surface area contributed by atoms with Gasteiger partial charge >= 0.3 is 0 Å². The molecule has 0 fully saturated rings. The summed E-state index contributed by atoms with van der Waals surface area (Å²) in [6.07, 6.45) is 1.62. The summed E-state index contributed by atoms with van der Waals surface area (Å²) >= 11 is 6.22. The van der Waals surface area contributed by atoms with Gasteiger partial charge in [-0.05, 0) is 41.0 Å². The first-order valence-electron chi connectivity index (χ1n) is 9.03. The smallest absolute Gasteiger partial charge is 0.256 e. The lowest BCUT2D eigenvalue weighted by molar-refractivity contribution is 0.102. The first-order chi connectivity index (χ1) is 14.1. The Bertz CT molecular complexity index is 1120. The van der Waals surface area contributed by atoms with Crippen molar-refractivity contribution in [2.24, 2.45) is 0 Å². The summed E-state index contributed by atoms with van der Waals surface area (Å²) in [6, 6.07) is 23.4. The highest BCUT2D eigenvalue weighted by atomic mass is 35.5. The van der Waals surface area contributed by atoms with E-state index in [0.717, 1.165) is 16.7 Å². The molecule has 144 valence electrons. The van der Waals surface area contributed by atoms with Crippen molar-refractivity contribution in [3.05, 3.63) is 107 Å². The average Bonchev–Trinajstić information content (AvgIpc) is 3.09. The number of hydrogen-bond donors (Lipinski definition) is 1. The summed E-state index contributed by atoms with van der Waals surface area (Å²) in [5.41, 5.74) is 3.50. The van der Waals surface area contributed by atoms with Gasteiger partial charge in [0, 0.05) is 11.8 Å². The molecule has 0 aliphatic rings. The Hall–Kier alpha value is -3.44. The Labute approximate surface area is 172 Å². The molecule has 0 saturated carbocycles. The lowest BCUT2D eigenvalue weighted by atomic mass is 10.0. The van der Waals surface area contributed by atoms with Crippen LogP contribution in [-0.2, 0) is 6.54 Å². The number of anilines is 1. The normalized spacial score (nSPS) is 10.7. The van der Waals surface area contributed by atoms with Crippen molar-refractivity contribution in [1.82, 2.24) is 9.78 Å². The summed E-state index contributed by atoms with van der Waals surface area (Å²) in [5.74, 6) is -0.303. The van der Waals surface area contributed by atoms with E-state index in [1.807, 2.05) is 42.5 Å². The molecule has 1 N–H and O–H groups in total. The van der Waals surface area contributed by atoms with Crippen LogP contribution in [-0.4, -0.2) is 15.7 Å². The van der Waals surface area contributed by atoms with Gasteiger partial charge in [-0.1, -0.05) is 66.2 Å². The summed E-state index contributed by atoms with van der Waals surface area (Å²) in [4.78, 5) is 12.6. The van der Waals surface area contributed by atoms with Crippen LogP contribution in [0.25, 0.3) is 11.1 Å². The van der Waals surface area contributed by atoms with Crippen LogP contribution in [0.2, 0.25) is 5.02 Å². The molecule has 3 aromatic carbocycles. The van der Waals surface area contributed by atoms with E-state index in [1.165, 1.54) is 12.1 Å². The van der Waals surface area contributed by atoms with Crippen molar-refractivity contribution >= 4 is 23.3 Å². The molecular weight excluding hydrogens is 389 g/mol. The topological polar surface area (TPSA) is 46.9 Å². The second-order valence-electron chi connectivity index (χ2n) is 6.55. The van der Waals surface area contributed by atoms with Crippen LogP contribution in [0.3, 0.4) is 0 Å². The number of amides is 1. The van der Waals surface area contributed by atoms with Gasteiger partial charge in [-0.3, -0.25) is 9.48 Å². The molecule has 0 bridgehead atoms. The van der Waals surface area contributed by atoms with Crippen molar-refractivity contribution in [3.63, 3.8) is 0 Å². The van der Waals surface area contributed by atoms with Gasteiger partial charge in [0.25, 0.3) is 5.91 Å². The summed E-state index contributed by atoms with van der Waals surface area (Å²) < 4.78 is 14.6. The van der Waals surface area contributed by atoms with Crippen LogP contribution in [0, 0.1) is 5.82 Å². The number of carbonyl (C=O) groups excluding carboxylic acids is 1. The molecule has 4 rings (SSSR count). The molecule has 1 heterocycles. The van der Waals surface area contributed by atoms with Crippen molar-refractivity contribution < 1.29 is 9.18 Å². The maximum absolute atomic E-state index is 13.0. The Morgan fingerprint density at radius 1 is 0.931 bits per heavy atom. The Morgan fingerprint density at radius 3 is 2.28 bits per heavy atom. The molecule has 0 unspecified atom stereocenters. The molecule has 0 atom stereocenters. The van der Waals surface area contributed by atoms with Crippen LogP contribution in [0.5, 0.6) is 0 Å². The van der Waals surface area contributed by atoms with Gasteiger partial charge in [0.05, 0.1) is 6.54 Å². The Balaban J connectivity index is 1.45. The molecule has 0 aliphatic carbocycles. The molecule has 0 saturated heterocycles. The zero-order valence-electron chi connectivity index (χ0n) is 15.3. The molecule has 1 amide bonds. The highest BCUT2D eigenvalue weighted by Gasteiger charge is 2.13. The summed E-state index contributed by atoms with van der Waals surface area (Å²) in [5, 5.41) is 7.39. The highest BCUT2D eigenvalue weighted by molar-refractivity contribution is 6.33. The zero-order valence-corrected chi connectivity index (χ0v) is 16.1. The molecule has 4 nitrogen and oxygen atoms in total. The van der Waals surface area contributed by atoms with Gasteiger partial charge in [-0.15, -0.1) is 0 Å². The predicted octanol–water partition coefficient (Wildman–Crippen LogP) is 5.64. The van der Waals surface area contributed by atoms with Crippen LogP contribution in [0.1, 0.15) is 15.9 Å². The van der Waals surface area contributed by atoms with E-state index in [4.69, 9.17) is 11.6 Å². The van der Waals surface area contributed by atoms with Crippen molar-refractivity contribution in [2.75, 3.05) is 5.32 Å². The first-order valence-corrected chi connectivity index (χ1v) is 9.40. The molecule has 6 heteroatoms. The van der Waals surface area contributed by atoms with Gasteiger partial charge in [-0.2, -0.15) is 5.10 Å². The van der Waals surface area contributed by atoms with E-state index >= 15 is 0 Å². The van der Waals surface area contributed by atoms with Crippen molar-refractivity contribution in [1.29, 1.82) is 0 Å². The minimum Gasteiger partial charge on any atom is -0.304 e. The van der Waals surface area contributed by atoms with E-state index in [2.05, 4.69) is 10.4 Å². The standard InChI is InChI=1S/C23H17ClFN3O/c24-21-15-28(14-16-6-12-20(25)13-7-16)27-22(21)26-23(29)19-10-8-18(9-11-19)17-4-2-1-3-5-17/h1-13,15H,14H2,(H,26,27,29). The fraction of sp³-hybridized carbons (Fsp3) is 0.0435. The number of nitrogens with zero attached hydrogens (tertiary/aromatic N) is 2. The van der Waals surface area contributed by atoms with Crippen molar-refractivity contribution in [2.45, 2.75) is 6.54 Å². The summed E-state index contributed by atoms with van der Waals surface area (Å²) in [7, 11) is 0. The second-order valence-corrected chi connectivity index (χ2v) is 6.95. The van der Waals surface area contributed by atoms with Gasteiger partial charge in [-0.25, -0.2) is 4.39 Å². The van der Waals surface area contributed by atoms with Gasteiger partial charge < -0.3 is 5.32 Å². The van der Waals surface area contributed by atoms with E-state index < -0.39 is 0 Å². The SMILES string of the molecule is O=C(Nc1nn(Cc2ccc(F)cc2)cc1Cl)c1ccc(-c2ccccc2)cc1. The lowest BCUT2D eigenvalue weighted by Crippen LogP contribution is -2.13. The Morgan fingerprint density at radius 2 is 1.59 bits per heavy atom. The largest absolute Gasteiger partial charge is 0.304 e.